The van der Waals surface area contributed by atoms with Gasteiger partial charge in [-0.15, -0.1) is 0 Å². The maximum atomic E-state index is 12.8. The van der Waals surface area contributed by atoms with Crippen molar-refractivity contribution in [3.05, 3.63) is 59.8 Å². The van der Waals surface area contributed by atoms with Crippen molar-refractivity contribution in [1.29, 1.82) is 0 Å². The van der Waals surface area contributed by atoms with E-state index in [4.69, 9.17) is 11.6 Å². The van der Waals surface area contributed by atoms with Gasteiger partial charge in [0.15, 0.2) is 0 Å². The van der Waals surface area contributed by atoms with E-state index in [1.165, 1.54) is 0 Å². The number of hydrogen-bond donors (Lipinski definition) is 2. The summed E-state index contributed by atoms with van der Waals surface area (Å²) in [5.74, 6) is 1.39. The Morgan fingerprint density at radius 2 is 1.91 bits per heavy atom. The van der Waals surface area contributed by atoms with E-state index in [-0.39, 0.29) is 23.7 Å². The minimum absolute atomic E-state index is 0.0828. The third kappa shape index (κ3) is 3.68. The van der Waals surface area contributed by atoms with Gasteiger partial charge in [-0.1, -0.05) is 25.4 Å². The Morgan fingerprint density at radius 1 is 1.16 bits per heavy atom. The molecule has 1 aromatic carbocycles. The Bertz CT molecular complexity index is 1140. The van der Waals surface area contributed by atoms with Gasteiger partial charge in [-0.2, -0.15) is 4.98 Å². The molecule has 2 fully saturated rings. The van der Waals surface area contributed by atoms with Crippen LogP contribution in [0, 0.1) is 5.92 Å². The summed E-state index contributed by atoms with van der Waals surface area (Å²) in [6.45, 7) is 6.30. The molecule has 1 aliphatic heterocycles. The smallest absolute Gasteiger partial charge is 0.323 e. The van der Waals surface area contributed by atoms with Crippen molar-refractivity contribution in [2.75, 3.05) is 10.2 Å². The first kappa shape index (κ1) is 20.8. The molecule has 5 rings (SSSR count). The third-order valence-corrected chi connectivity index (χ3v) is 6.50. The van der Waals surface area contributed by atoms with Crippen LogP contribution in [0.15, 0.2) is 49.1 Å². The van der Waals surface area contributed by atoms with Crippen LogP contribution in [0.3, 0.4) is 0 Å². The van der Waals surface area contributed by atoms with Gasteiger partial charge >= 0.3 is 6.03 Å². The second-order valence-electron chi connectivity index (χ2n) is 8.93. The van der Waals surface area contributed by atoms with Gasteiger partial charge in [-0.3, -0.25) is 4.90 Å². The molecule has 2 N–H and O–H groups in total. The van der Waals surface area contributed by atoms with Crippen molar-refractivity contribution in [3.8, 4) is 5.69 Å². The van der Waals surface area contributed by atoms with Crippen molar-refractivity contribution < 1.29 is 4.79 Å². The van der Waals surface area contributed by atoms with Crippen molar-refractivity contribution >= 4 is 29.4 Å². The number of amides is 2. The van der Waals surface area contributed by atoms with E-state index < -0.39 is 0 Å². The lowest BCUT2D eigenvalue weighted by molar-refractivity contribution is 0.250. The van der Waals surface area contributed by atoms with E-state index in [0.717, 1.165) is 24.2 Å². The highest BCUT2D eigenvalue weighted by atomic mass is 35.5. The summed E-state index contributed by atoms with van der Waals surface area (Å²) >= 11 is 5.98. The van der Waals surface area contributed by atoms with Gasteiger partial charge in [0.05, 0.1) is 29.6 Å². The Balaban J connectivity index is 1.34. The van der Waals surface area contributed by atoms with Gasteiger partial charge in [0.1, 0.15) is 5.82 Å². The Morgan fingerprint density at radius 3 is 2.59 bits per heavy atom. The first-order valence-corrected chi connectivity index (χ1v) is 11.2. The van der Waals surface area contributed by atoms with Crippen molar-refractivity contribution in [1.82, 2.24) is 24.8 Å². The lowest BCUT2D eigenvalue weighted by Gasteiger charge is -2.29. The summed E-state index contributed by atoms with van der Waals surface area (Å²) in [4.78, 5) is 28.1. The molecular formula is C23H26ClN7O. The fourth-order valence-corrected chi connectivity index (χ4v) is 4.72. The molecule has 2 atom stereocenters. The Hall–Kier alpha value is -3.13. The molecule has 0 radical (unpaired) electrons. The predicted octanol–water partition coefficient (Wildman–Crippen LogP) is 4.58. The lowest BCUT2D eigenvalue weighted by atomic mass is 9.95. The van der Waals surface area contributed by atoms with E-state index in [0.29, 0.717) is 22.7 Å². The lowest BCUT2D eigenvalue weighted by Crippen LogP contribution is -2.43. The molecule has 9 heteroatoms. The average molecular weight is 452 g/mol. The summed E-state index contributed by atoms with van der Waals surface area (Å²) < 4.78 is 1.94. The number of nitrogens with one attached hydrogen (secondary N) is 2. The molecule has 1 spiro atoms. The van der Waals surface area contributed by atoms with Crippen molar-refractivity contribution in [2.24, 2.45) is 5.92 Å². The average Bonchev–Trinajstić information content (AvgIpc) is 3.22. The van der Waals surface area contributed by atoms with Gasteiger partial charge in [0.25, 0.3) is 0 Å². The van der Waals surface area contributed by atoms with Crippen LogP contribution in [0.5, 0.6) is 0 Å². The molecule has 1 aliphatic carbocycles. The van der Waals surface area contributed by atoms with E-state index >= 15 is 0 Å². The number of carbonyl (C=O) groups excluding carboxylic acids is 1. The molecule has 2 amide bonds. The number of halogens is 1. The number of nitrogens with zero attached hydrogens (tertiary/aromatic N) is 5. The molecule has 166 valence electrons. The largest absolute Gasteiger partial charge is 0.346 e. The molecule has 8 nitrogen and oxygen atoms in total. The standard InChI is InChI=1S/C23H26ClN7O/c1-14(2)20-23(9-10-23)29-22(32)31(20)19-8-11-25-21(28-19)27-15(3)18-12-30(13-26-18)17-6-4-16(24)5-7-17/h4-8,11-15,20H,9-10H2,1-3H3,(H,29,32)(H,25,27,28)/t15-,20-/m0/s1. The van der Waals surface area contributed by atoms with Crippen molar-refractivity contribution in [3.63, 3.8) is 0 Å². The van der Waals surface area contributed by atoms with Crippen LogP contribution < -0.4 is 15.5 Å². The SMILES string of the molecule is CC(C)[C@@H]1N(c2ccnc(N[C@@H](C)c3cn(-c4ccc(Cl)cc4)cn3)n2)C(=O)NC12CC2. The number of rotatable bonds is 6. The predicted molar refractivity (Wildman–Crippen MR) is 124 cm³/mol. The minimum Gasteiger partial charge on any atom is -0.346 e. The summed E-state index contributed by atoms with van der Waals surface area (Å²) in [5, 5.41) is 7.19. The second kappa shape index (κ2) is 7.78. The highest BCUT2D eigenvalue weighted by molar-refractivity contribution is 6.30. The molecule has 0 bridgehead atoms. The minimum atomic E-state index is -0.123. The quantitative estimate of drug-likeness (QED) is 0.572. The summed E-state index contributed by atoms with van der Waals surface area (Å²) in [6, 6.07) is 9.26. The van der Waals surface area contributed by atoms with E-state index in [1.54, 1.807) is 23.5 Å². The maximum absolute atomic E-state index is 12.8. The van der Waals surface area contributed by atoms with Gasteiger partial charge in [-0.25, -0.2) is 14.8 Å². The maximum Gasteiger partial charge on any atom is 0.323 e. The highest BCUT2D eigenvalue weighted by Gasteiger charge is 2.60. The molecule has 2 aromatic heterocycles. The van der Waals surface area contributed by atoms with Gasteiger partial charge in [0.2, 0.25) is 5.95 Å². The first-order valence-electron chi connectivity index (χ1n) is 10.9. The molecule has 1 saturated carbocycles. The number of imidazole rings is 1. The molecule has 3 heterocycles. The molecule has 32 heavy (non-hydrogen) atoms. The van der Waals surface area contributed by atoms with Crippen LogP contribution in [0.2, 0.25) is 5.02 Å². The van der Waals surface area contributed by atoms with Crippen LogP contribution in [-0.2, 0) is 0 Å². The van der Waals surface area contributed by atoms with E-state index in [1.807, 2.05) is 42.0 Å². The number of benzene rings is 1. The first-order chi connectivity index (χ1) is 15.4. The fourth-order valence-electron chi connectivity index (χ4n) is 4.60. The zero-order valence-corrected chi connectivity index (χ0v) is 19.0. The van der Waals surface area contributed by atoms with Gasteiger partial charge < -0.3 is 15.2 Å². The van der Waals surface area contributed by atoms with E-state index in [2.05, 4.69) is 39.4 Å². The molecule has 3 aromatic rings. The van der Waals surface area contributed by atoms with Crippen molar-refractivity contribution in [2.45, 2.75) is 51.2 Å². The van der Waals surface area contributed by atoms with Crippen LogP contribution in [0.1, 0.15) is 45.3 Å². The third-order valence-electron chi connectivity index (χ3n) is 6.24. The van der Waals surface area contributed by atoms with Gasteiger partial charge in [-0.05, 0) is 56.0 Å². The summed E-state index contributed by atoms with van der Waals surface area (Å²) in [5.41, 5.74) is 1.73. The summed E-state index contributed by atoms with van der Waals surface area (Å²) in [7, 11) is 0. The Kier molecular flexibility index (Phi) is 5.04. The monoisotopic (exact) mass is 451 g/mol. The highest BCUT2D eigenvalue weighted by Crippen LogP contribution is 2.48. The number of carbonyl (C=O) groups is 1. The number of hydrogen-bond acceptors (Lipinski definition) is 5. The van der Waals surface area contributed by atoms with Crippen LogP contribution in [0.4, 0.5) is 16.6 Å². The molecule has 2 aliphatic rings. The zero-order valence-electron chi connectivity index (χ0n) is 18.3. The Labute approximate surface area is 192 Å². The number of urea groups is 1. The second-order valence-corrected chi connectivity index (χ2v) is 9.37. The van der Waals surface area contributed by atoms with Crippen LogP contribution in [0.25, 0.3) is 5.69 Å². The fraction of sp³-hybridized carbons (Fsp3) is 0.391. The normalized spacial score (nSPS) is 20.0. The van der Waals surface area contributed by atoms with Gasteiger partial charge in [0, 0.05) is 23.1 Å². The molecule has 0 unspecified atom stereocenters. The summed E-state index contributed by atoms with van der Waals surface area (Å²) in [6.07, 6.45) is 7.45. The topological polar surface area (TPSA) is 88.0 Å². The van der Waals surface area contributed by atoms with Crippen LogP contribution >= 0.6 is 11.6 Å². The van der Waals surface area contributed by atoms with E-state index in [9.17, 15) is 4.79 Å². The zero-order chi connectivity index (χ0) is 22.5. The van der Waals surface area contributed by atoms with Crippen LogP contribution in [-0.4, -0.2) is 37.1 Å². The number of aromatic nitrogens is 4. The number of anilines is 2. The molecular weight excluding hydrogens is 426 g/mol. The molecule has 1 saturated heterocycles.